The average Bonchev–Trinajstić information content (AvgIpc) is 2.39. The molecule has 2 fully saturated rings. The monoisotopic (exact) mass is 225 g/mol. The highest BCUT2D eigenvalue weighted by molar-refractivity contribution is 5.84. The minimum Gasteiger partial charge on any atom is -0.368 e. The van der Waals surface area contributed by atoms with Gasteiger partial charge in [0.2, 0.25) is 0 Å². The molecule has 4 heteroatoms. The zero-order chi connectivity index (χ0) is 11.4. The van der Waals surface area contributed by atoms with E-state index in [1.165, 1.54) is 19.3 Å². The highest BCUT2D eigenvalue weighted by Crippen LogP contribution is 2.14. The van der Waals surface area contributed by atoms with Gasteiger partial charge >= 0.3 is 0 Å². The zero-order valence-corrected chi connectivity index (χ0v) is 10.2. The van der Waals surface area contributed by atoms with Crippen LogP contribution in [0.2, 0.25) is 0 Å². The average molecular weight is 225 g/mol. The first-order valence-corrected chi connectivity index (χ1v) is 6.48. The van der Waals surface area contributed by atoms with E-state index in [0.29, 0.717) is 5.84 Å². The fourth-order valence-corrected chi connectivity index (χ4v) is 2.49. The van der Waals surface area contributed by atoms with Crippen molar-refractivity contribution in [1.29, 1.82) is 5.41 Å². The third kappa shape index (κ3) is 2.74. The maximum atomic E-state index is 8.22. The Morgan fingerprint density at radius 2 is 2.00 bits per heavy atom. The Morgan fingerprint density at radius 1 is 1.25 bits per heavy atom. The van der Waals surface area contributed by atoms with Gasteiger partial charge in [-0.25, -0.2) is 0 Å². The van der Waals surface area contributed by atoms with Crippen LogP contribution in [0.25, 0.3) is 0 Å². The maximum absolute atomic E-state index is 8.22. The van der Waals surface area contributed by atoms with Crippen LogP contribution in [0.1, 0.15) is 26.2 Å². The molecule has 2 rings (SSSR count). The van der Waals surface area contributed by atoms with Gasteiger partial charge in [0.25, 0.3) is 0 Å². The number of amidine groups is 1. The van der Waals surface area contributed by atoms with E-state index in [4.69, 9.17) is 10.1 Å². The summed E-state index contributed by atoms with van der Waals surface area (Å²) in [7, 11) is 0. The second-order valence-electron chi connectivity index (χ2n) is 4.69. The number of piperidine rings is 1. The van der Waals surface area contributed by atoms with E-state index >= 15 is 0 Å². The van der Waals surface area contributed by atoms with Crippen molar-refractivity contribution in [2.24, 2.45) is 0 Å². The molecule has 2 aliphatic heterocycles. The molecule has 0 aliphatic carbocycles. The van der Waals surface area contributed by atoms with E-state index in [-0.39, 0.29) is 6.10 Å². The molecule has 0 aromatic rings. The van der Waals surface area contributed by atoms with Gasteiger partial charge in [-0.1, -0.05) is 6.92 Å². The Morgan fingerprint density at radius 3 is 2.69 bits per heavy atom. The summed E-state index contributed by atoms with van der Waals surface area (Å²) in [6.45, 7) is 8.01. The molecule has 92 valence electrons. The van der Waals surface area contributed by atoms with Crippen molar-refractivity contribution < 1.29 is 4.74 Å². The van der Waals surface area contributed by atoms with E-state index in [1.807, 2.05) is 0 Å². The molecule has 0 aromatic heterocycles. The predicted octanol–water partition coefficient (Wildman–Crippen LogP) is 1.17. The summed E-state index contributed by atoms with van der Waals surface area (Å²) < 4.78 is 5.72. The maximum Gasteiger partial charge on any atom is 0.127 e. The van der Waals surface area contributed by atoms with Crippen molar-refractivity contribution in [1.82, 2.24) is 9.80 Å². The number of likely N-dealkylation sites (N-methyl/N-ethyl adjacent to an activating group) is 1. The summed E-state index contributed by atoms with van der Waals surface area (Å²) >= 11 is 0. The molecule has 0 saturated carbocycles. The van der Waals surface area contributed by atoms with Gasteiger partial charge in [-0.2, -0.15) is 0 Å². The molecular formula is C12H23N3O. The van der Waals surface area contributed by atoms with Gasteiger partial charge in [0.05, 0.1) is 6.61 Å². The van der Waals surface area contributed by atoms with Crippen LogP contribution in [0.5, 0.6) is 0 Å². The Bertz CT molecular complexity index is 238. The summed E-state index contributed by atoms with van der Waals surface area (Å²) in [5.41, 5.74) is 0. The first-order chi connectivity index (χ1) is 7.81. The molecule has 0 spiro atoms. The number of ether oxygens (including phenoxy) is 1. The molecule has 0 aromatic carbocycles. The molecule has 0 bridgehead atoms. The minimum absolute atomic E-state index is 0.00630. The van der Waals surface area contributed by atoms with Gasteiger partial charge in [0.15, 0.2) is 0 Å². The summed E-state index contributed by atoms with van der Waals surface area (Å²) in [6.07, 6.45) is 3.78. The third-order valence-corrected chi connectivity index (χ3v) is 3.60. The lowest BCUT2D eigenvalue weighted by Gasteiger charge is -2.37. The normalized spacial score (nSPS) is 28.1. The smallest absolute Gasteiger partial charge is 0.127 e. The minimum atomic E-state index is 0.00630. The van der Waals surface area contributed by atoms with Crippen LogP contribution in [0.4, 0.5) is 0 Å². The molecule has 1 N–H and O–H groups in total. The van der Waals surface area contributed by atoms with E-state index in [9.17, 15) is 0 Å². The van der Waals surface area contributed by atoms with Crippen LogP contribution in [0.15, 0.2) is 0 Å². The van der Waals surface area contributed by atoms with Gasteiger partial charge in [0.1, 0.15) is 11.9 Å². The summed E-state index contributed by atoms with van der Waals surface area (Å²) in [5.74, 6) is 0.706. The van der Waals surface area contributed by atoms with Crippen LogP contribution in [0.3, 0.4) is 0 Å². The summed E-state index contributed by atoms with van der Waals surface area (Å²) in [5, 5.41) is 8.22. The Hall–Kier alpha value is -0.610. The molecular weight excluding hydrogens is 202 g/mol. The van der Waals surface area contributed by atoms with Crippen LogP contribution in [-0.4, -0.2) is 61.1 Å². The molecule has 1 unspecified atom stereocenters. The van der Waals surface area contributed by atoms with Crippen molar-refractivity contribution in [2.75, 3.05) is 39.3 Å². The van der Waals surface area contributed by atoms with Crippen molar-refractivity contribution in [2.45, 2.75) is 32.3 Å². The van der Waals surface area contributed by atoms with Crippen molar-refractivity contribution in [3.8, 4) is 0 Å². The quantitative estimate of drug-likeness (QED) is 0.566. The highest BCUT2D eigenvalue weighted by atomic mass is 16.5. The molecule has 16 heavy (non-hydrogen) atoms. The van der Waals surface area contributed by atoms with Crippen molar-refractivity contribution in [3.05, 3.63) is 0 Å². The molecule has 0 radical (unpaired) electrons. The van der Waals surface area contributed by atoms with Crippen molar-refractivity contribution in [3.63, 3.8) is 0 Å². The molecule has 2 saturated heterocycles. The first-order valence-electron chi connectivity index (χ1n) is 6.48. The molecule has 2 aliphatic rings. The number of hydrogen-bond donors (Lipinski definition) is 1. The lowest BCUT2D eigenvalue weighted by Crippen LogP contribution is -2.51. The SMILES string of the molecule is CCN1CCOC(C(=N)N2CCCCC2)C1. The van der Waals surface area contributed by atoms with Crippen LogP contribution >= 0.6 is 0 Å². The Labute approximate surface area is 98.1 Å². The van der Waals surface area contributed by atoms with Crippen molar-refractivity contribution >= 4 is 5.84 Å². The Kier molecular flexibility index (Phi) is 4.18. The predicted molar refractivity (Wildman–Crippen MR) is 65.0 cm³/mol. The summed E-state index contributed by atoms with van der Waals surface area (Å²) in [4.78, 5) is 4.57. The van der Waals surface area contributed by atoms with Crippen LogP contribution in [0, 0.1) is 5.41 Å². The lowest BCUT2D eigenvalue weighted by molar-refractivity contribution is 0.00198. The third-order valence-electron chi connectivity index (χ3n) is 3.60. The number of nitrogens with zero attached hydrogens (tertiary/aromatic N) is 2. The number of likely N-dealkylation sites (tertiary alicyclic amines) is 1. The molecule has 1 atom stereocenters. The number of rotatable bonds is 2. The largest absolute Gasteiger partial charge is 0.368 e. The standard InChI is InChI=1S/C12H23N3O/c1-2-14-8-9-16-11(10-14)12(13)15-6-4-3-5-7-15/h11,13H,2-10H2,1H3. The fraction of sp³-hybridized carbons (Fsp3) is 0.917. The molecule has 4 nitrogen and oxygen atoms in total. The number of hydrogen-bond acceptors (Lipinski definition) is 3. The highest BCUT2D eigenvalue weighted by Gasteiger charge is 2.27. The summed E-state index contributed by atoms with van der Waals surface area (Å²) in [6, 6.07) is 0. The van der Waals surface area contributed by atoms with Gasteiger partial charge < -0.3 is 9.64 Å². The lowest BCUT2D eigenvalue weighted by atomic mass is 10.1. The van der Waals surface area contributed by atoms with Gasteiger partial charge in [-0.05, 0) is 25.8 Å². The zero-order valence-electron chi connectivity index (χ0n) is 10.2. The Balaban J connectivity index is 1.87. The van der Waals surface area contributed by atoms with Gasteiger partial charge in [0, 0.05) is 26.2 Å². The molecule has 0 amide bonds. The van der Waals surface area contributed by atoms with Gasteiger partial charge in [-0.3, -0.25) is 10.3 Å². The topological polar surface area (TPSA) is 39.6 Å². The van der Waals surface area contributed by atoms with E-state index in [1.54, 1.807) is 0 Å². The number of morpholine rings is 1. The second kappa shape index (κ2) is 5.64. The van der Waals surface area contributed by atoms with E-state index in [0.717, 1.165) is 39.3 Å². The molecule has 2 heterocycles. The van der Waals surface area contributed by atoms with E-state index in [2.05, 4.69) is 16.7 Å². The van der Waals surface area contributed by atoms with Gasteiger partial charge in [-0.15, -0.1) is 0 Å². The van der Waals surface area contributed by atoms with Crippen LogP contribution < -0.4 is 0 Å². The first kappa shape index (κ1) is 11.9. The van der Waals surface area contributed by atoms with Crippen LogP contribution in [-0.2, 0) is 4.74 Å². The van der Waals surface area contributed by atoms with E-state index < -0.39 is 0 Å². The number of nitrogens with one attached hydrogen (secondary N) is 1. The second-order valence-corrected chi connectivity index (χ2v) is 4.69. The fourth-order valence-electron chi connectivity index (χ4n) is 2.49.